The van der Waals surface area contributed by atoms with Crippen molar-refractivity contribution in [1.29, 1.82) is 5.26 Å². The van der Waals surface area contributed by atoms with E-state index < -0.39 is 10.0 Å². The van der Waals surface area contributed by atoms with Gasteiger partial charge >= 0.3 is 0 Å². The second-order valence-electron chi connectivity index (χ2n) is 5.81. The van der Waals surface area contributed by atoms with E-state index in [1.54, 1.807) is 48.5 Å². The van der Waals surface area contributed by atoms with E-state index in [-0.39, 0.29) is 4.90 Å². The summed E-state index contributed by atoms with van der Waals surface area (Å²) in [7, 11) is -3.51. The Labute approximate surface area is 163 Å². The molecule has 7 nitrogen and oxygen atoms in total. The van der Waals surface area contributed by atoms with Gasteiger partial charge in [0.1, 0.15) is 0 Å². The highest BCUT2D eigenvalue weighted by Crippen LogP contribution is 2.19. The molecule has 0 unspecified atom stereocenters. The number of rotatable bonds is 4. The first-order valence-electron chi connectivity index (χ1n) is 8.25. The van der Waals surface area contributed by atoms with Crippen molar-refractivity contribution in [2.45, 2.75) is 4.90 Å². The van der Waals surface area contributed by atoms with Crippen LogP contribution in [0.3, 0.4) is 0 Å². The van der Waals surface area contributed by atoms with E-state index in [1.807, 2.05) is 0 Å². The Kier molecular flexibility index (Phi) is 6.03. The number of thiocarbonyl (C=S) groups is 1. The van der Waals surface area contributed by atoms with Crippen LogP contribution in [0, 0.1) is 11.3 Å². The zero-order chi connectivity index (χ0) is 19.3. The lowest BCUT2D eigenvalue weighted by Gasteiger charge is -2.26. The second kappa shape index (κ2) is 8.45. The van der Waals surface area contributed by atoms with Crippen molar-refractivity contribution in [3.05, 3.63) is 54.1 Å². The summed E-state index contributed by atoms with van der Waals surface area (Å²) in [6.45, 7) is 1.55. The zero-order valence-electron chi connectivity index (χ0n) is 14.4. The largest absolute Gasteiger partial charge is 0.379 e. The fourth-order valence-corrected chi connectivity index (χ4v) is 4.21. The van der Waals surface area contributed by atoms with Gasteiger partial charge in [-0.05, 0) is 60.7 Å². The first-order chi connectivity index (χ1) is 13.0. The molecule has 1 heterocycles. The lowest BCUT2D eigenvalue weighted by molar-refractivity contribution is 0.0730. The molecule has 0 atom stereocenters. The van der Waals surface area contributed by atoms with Gasteiger partial charge in [0.05, 0.1) is 29.7 Å². The van der Waals surface area contributed by atoms with Crippen molar-refractivity contribution in [3.63, 3.8) is 0 Å². The van der Waals surface area contributed by atoms with Crippen LogP contribution >= 0.6 is 12.2 Å². The second-order valence-corrected chi connectivity index (χ2v) is 8.16. The number of nitrogens with zero attached hydrogens (tertiary/aromatic N) is 2. The molecule has 140 valence electrons. The maximum atomic E-state index is 12.6. The third-order valence-electron chi connectivity index (χ3n) is 3.99. The van der Waals surface area contributed by atoms with E-state index in [2.05, 4.69) is 16.7 Å². The van der Waals surface area contributed by atoms with E-state index in [4.69, 9.17) is 22.2 Å². The molecule has 1 aliphatic rings. The molecule has 2 N–H and O–H groups in total. The molecule has 1 aliphatic heterocycles. The van der Waals surface area contributed by atoms with Crippen molar-refractivity contribution >= 4 is 38.7 Å². The molecular formula is C18H18N4O3S2. The number of benzene rings is 2. The van der Waals surface area contributed by atoms with Gasteiger partial charge in [-0.25, -0.2) is 8.42 Å². The van der Waals surface area contributed by atoms with E-state index >= 15 is 0 Å². The average Bonchev–Trinajstić information content (AvgIpc) is 2.69. The van der Waals surface area contributed by atoms with Crippen LogP contribution < -0.4 is 10.6 Å². The van der Waals surface area contributed by atoms with Crippen molar-refractivity contribution in [3.8, 4) is 6.07 Å². The lowest BCUT2D eigenvalue weighted by atomic mass is 10.2. The van der Waals surface area contributed by atoms with E-state index in [0.717, 1.165) is 5.69 Å². The van der Waals surface area contributed by atoms with Crippen LogP contribution in [0.15, 0.2) is 53.4 Å². The Bertz CT molecular complexity index is 946. The molecule has 0 bridgehead atoms. The van der Waals surface area contributed by atoms with E-state index in [0.29, 0.717) is 42.7 Å². The minimum Gasteiger partial charge on any atom is -0.379 e. The Morgan fingerprint density at radius 3 is 2.04 bits per heavy atom. The Morgan fingerprint density at radius 2 is 1.52 bits per heavy atom. The van der Waals surface area contributed by atoms with Crippen LogP contribution in [0.4, 0.5) is 11.4 Å². The van der Waals surface area contributed by atoms with Gasteiger partial charge in [0.25, 0.3) is 0 Å². The smallest absolute Gasteiger partial charge is 0.243 e. The molecule has 27 heavy (non-hydrogen) atoms. The number of sulfonamides is 1. The molecular weight excluding hydrogens is 384 g/mol. The van der Waals surface area contributed by atoms with Crippen molar-refractivity contribution in [1.82, 2.24) is 4.31 Å². The van der Waals surface area contributed by atoms with E-state index in [1.165, 1.54) is 4.31 Å². The summed E-state index contributed by atoms with van der Waals surface area (Å²) in [5.74, 6) is 0. The van der Waals surface area contributed by atoms with Crippen molar-refractivity contribution in [2.24, 2.45) is 0 Å². The van der Waals surface area contributed by atoms with Crippen LogP contribution in [0.1, 0.15) is 5.56 Å². The highest BCUT2D eigenvalue weighted by atomic mass is 32.2. The monoisotopic (exact) mass is 402 g/mol. The summed E-state index contributed by atoms with van der Waals surface area (Å²) in [6, 6.07) is 15.4. The summed E-state index contributed by atoms with van der Waals surface area (Å²) in [6.07, 6.45) is 0. The number of hydrogen-bond donors (Lipinski definition) is 2. The van der Waals surface area contributed by atoms with Crippen LogP contribution in [0.2, 0.25) is 0 Å². The van der Waals surface area contributed by atoms with Gasteiger partial charge in [0, 0.05) is 24.5 Å². The Morgan fingerprint density at radius 1 is 1.00 bits per heavy atom. The molecule has 0 aromatic heterocycles. The predicted octanol–water partition coefficient (Wildman–Crippen LogP) is 2.39. The van der Waals surface area contributed by atoms with Crippen molar-refractivity contribution < 1.29 is 13.2 Å². The van der Waals surface area contributed by atoms with Crippen LogP contribution in [0.5, 0.6) is 0 Å². The van der Waals surface area contributed by atoms with Gasteiger partial charge in [-0.2, -0.15) is 9.57 Å². The molecule has 0 amide bonds. The Balaban J connectivity index is 1.63. The fourth-order valence-electron chi connectivity index (χ4n) is 2.57. The molecule has 2 aromatic carbocycles. The number of nitrogens with one attached hydrogen (secondary N) is 2. The number of hydrogen-bond acceptors (Lipinski definition) is 5. The molecule has 0 radical (unpaired) electrons. The molecule has 1 saturated heterocycles. The maximum absolute atomic E-state index is 12.6. The van der Waals surface area contributed by atoms with Gasteiger partial charge in [0.2, 0.25) is 10.0 Å². The minimum atomic E-state index is -3.51. The van der Waals surface area contributed by atoms with Gasteiger partial charge in [-0.3, -0.25) is 0 Å². The van der Waals surface area contributed by atoms with Crippen LogP contribution in [-0.4, -0.2) is 44.1 Å². The quantitative estimate of drug-likeness (QED) is 0.758. The molecule has 0 saturated carbocycles. The summed E-state index contributed by atoms with van der Waals surface area (Å²) in [5, 5.41) is 15.2. The van der Waals surface area contributed by atoms with Crippen LogP contribution in [0.25, 0.3) is 0 Å². The fraction of sp³-hybridized carbons (Fsp3) is 0.222. The third kappa shape index (κ3) is 4.81. The van der Waals surface area contributed by atoms with Gasteiger partial charge < -0.3 is 15.4 Å². The van der Waals surface area contributed by atoms with E-state index in [9.17, 15) is 8.42 Å². The summed E-state index contributed by atoms with van der Waals surface area (Å²) >= 11 is 5.26. The highest BCUT2D eigenvalue weighted by molar-refractivity contribution is 7.89. The Hall–Kier alpha value is -2.51. The van der Waals surface area contributed by atoms with Crippen LogP contribution in [-0.2, 0) is 14.8 Å². The topological polar surface area (TPSA) is 94.5 Å². The predicted molar refractivity (Wildman–Crippen MR) is 107 cm³/mol. The molecule has 2 aromatic rings. The van der Waals surface area contributed by atoms with Gasteiger partial charge in [-0.15, -0.1) is 0 Å². The van der Waals surface area contributed by atoms with Gasteiger partial charge in [0.15, 0.2) is 5.11 Å². The molecule has 9 heteroatoms. The molecule has 0 aliphatic carbocycles. The maximum Gasteiger partial charge on any atom is 0.243 e. The van der Waals surface area contributed by atoms with Gasteiger partial charge in [-0.1, -0.05) is 0 Å². The summed E-state index contributed by atoms with van der Waals surface area (Å²) in [4.78, 5) is 0.237. The average molecular weight is 403 g/mol. The highest BCUT2D eigenvalue weighted by Gasteiger charge is 2.26. The standard InChI is InChI=1S/C18H18N4O3S2/c19-13-14-1-3-15(4-2-14)20-18(26)21-16-5-7-17(8-6-16)27(23,24)22-9-11-25-12-10-22/h1-8H,9-12H2,(H2,20,21,26). The lowest BCUT2D eigenvalue weighted by Crippen LogP contribution is -2.40. The normalized spacial score (nSPS) is 14.9. The number of morpholine rings is 1. The number of ether oxygens (including phenoxy) is 1. The summed E-state index contributed by atoms with van der Waals surface area (Å²) < 4.78 is 31.8. The zero-order valence-corrected chi connectivity index (χ0v) is 16.0. The van der Waals surface area contributed by atoms with Crippen molar-refractivity contribution in [2.75, 3.05) is 36.9 Å². The molecule has 0 spiro atoms. The first-order valence-corrected chi connectivity index (χ1v) is 10.1. The number of anilines is 2. The first kappa shape index (κ1) is 19.3. The third-order valence-corrected chi connectivity index (χ3v) is 6.11. The minimum absolute atomic E-state index is 0.237. The molecule has 3 rings (SSSR count). The number of nitriles is 1. The molecule has 1 fully saturated rings. The SMILES string of the molecule is N#Cc1ccc(NC(=S)Nc2ccc(S(=O)(=O)N3CCOCC3)cc2)cc1. The summed E-state index contributed by atoms with van der Waals surface area (Å²) in [5.41, 5.74) is 1.98.